The fourth-order valence-corrected chi connectivity index (χ4v) is 4.45. The molecule has 0 saturated heterocycles. The minimum absolute atomic E-state index is 0.0610. The van der Waals surface area contributed by atoms with Crippen molar-refractivity contribution in [2.75, 3.05) is 18.2 Å². The zero-order valence-electron chi connectivity index (χ0n) is 15.4. The molecule has 0 aliphatic heterocycles. The van der Waals surface area contributed by atoms with E-state index in [4.69, 9.17) is 26.6 Å². The van der Waals surface area contributed by atoms with Crippen LogP contribution in [-0.2, 0) is 10.0 Å². The molecule has 0 heterocycles. The highest BCUT2D eigenvalue weighted by Crippen LogP contribution is 2.39. The van der Waals surface area contributed by atoms with Gasteiger partial charge in [-0.1, -0.05) is 33.6 Å². The van der Waals surface area contributed by atoms with Gasteiger partial charge < -0.3 is 14.9 Å². The molecule has 0 bridgehead atoms. The number of aliphatic hydroxyl groups is 1. The largest absolute Gasteiger partial charge is 0.494 e. The second-order valence-electron chi connectivity index (χ2n) is 6.10. The van der Waals surface area contributed by atoms with Crippen molar-refractivity contribution in [3.05, 3.63) is 52.3 Å². The van der Waals surface area contributed by atoms with E-state index in [0.29, 0.717) is 6.07 Å². The van der Waals surface area contributed by atoms with E-state index >= 15 is 4.48 Å². The molecule has 2 rings (SSSR count). The number of nitrogens with zero attached hydrogens (tertiary/aromatic N) is 1. The van der Waals surface area contributed by atoms with Crippen LogP contribution < -0.4 is 9.26 Å². The Morgan fingerprint density at radius 1 is 1.34 bits per heavy atom. The van der Waals surface area contributed by atoms with E-state index < -0.39 is 54.2 Å². The number of sulfonamides is 1. The molecule has 0 aromatic heterocycles. The molecular formula is C18H18ClF2NO6S. The lowest BCUT2D eigenvalue weighted by atomic mass is 9.96. The third-order valence-electron chi connectivity index (χ3n) is 4.22. The van der Waals surface area contributed by atoms with Crippen LogP contribution in [0.5, 0.6) is 5.75 Å². The Bertz CT molecular complexity index is 1030. The lowest BCUT2D eigenvalue weighted by molar-refractivity contribution is 0.0696. The highest BCUT2D eigenvalue weighted by Gasteiger charge is 2.34. The zero-order chi connectivity index (χ0) is 21.9. The molecule has 29 heavy (non-hydrogen) atoms. The molecule has 0 spiro atoms. The van der Waals surface area contributed by atoms with E-state index in [-0.39, 0.29) is 23.6 Å². The van der Waals surface area contributed by atoms with Crippen LogP contribution in [0.3, 0.4) is 0 Å². The van der Waals surface area contributed by atoms with E-state index in [9.17, 15) is 17.6 Å². The van der Waals surface area contributed by atoms with E-state index in [1.165, 1.54) is 6.92 Å². The molecule has 11 heteroatoms. The number of anilines is 1. The first kappa shape index (κ1) is 22.9. The van der Waals surface area contributed by atoms with Gasteiger partial charge in [-0.25, -0.2) is 9.18 Å². The van der Waals surface area contributed by atoms with Crippen molar-refractivity contribution in [2.24, 2.45) is 0 Å². The van der Waals surface area contributed by atoms with E-state index in [1.807, 2.05) is 0 Å². The highest BCUT2D eigenvalue weighted by atomic mass is 35.5. The van der Waals surface area contributed by atoms with Crippen LogP contribution in [0.15, 0.2) is 35.2 Å². The number of benzene rings is 2. The summed E-state index contributed by atoms with van der Waals surface area (Å²) >= 11 is 5.90. The molecule has 2 aromatic rings. The van der Waals surface area contributed by atoms with Crippen LogP contribution in [0.25, 0.3) is 0 Å². The minimum Gasteiger partial charge on any atom is -0.494 e. The Hall–Kier alpha value is -2.43. The maximum absolute atomic E-state index is 15.2. The van der Waals surface area contributed by atoms with E-state index in [1.54, 1.807) is 0 Å². The second kappa shape index (κ2) is 8.93. The summed E-state index contributed by atoms with van der Waals surface area (Å²) in [7, 11) is -3.95. The summed E-state index contributed by atoms with van der Waals surface area (Å²) in [6.45, 7) is 1.18. The van der Waals surface area contributed by atoms with Crippen LogP contribution in [-0.4, -0.2) is 38.3 Å². The predicted molar refractivity (Wildman–Crippen MR) is 102 cm³/mol. The minimum atomic E-state index is -5.04. The Kier molecular flexibility index (Phi) is 7.04. The summed E-state index contributed by atoms with van der Waals surface area (Å²) in [6, 6.07) is 4.88. The van der Waals surface area contributed by atoms with Gasteiger partial charge in [-0.15, -0.1) is 0 Å². The molecule has 0 amide bonds. The normalized spacial score (nSPS) is 12.5. The van der Waals surface area contributed by atoms with Gasteiger partial charge >= 0.3 is 5.97 Å². The van der Waals surface area contributed by atoms with Crippen LogP contribution in [0.4, 0.5) is 14.6 Å². The van der Waals surface area contributed by atoms with Crippen molar-refractivity contribution in [3.63, 3.8) is 0 Å². The van der Waals surface area contributed by atoms with Gasteiger partial charge in [0.2, 0.25) is 0 Å². The monoisotopic (exact) mass is 449 g/mol. The molecule has 7 nitrogen and oxygen atoms in total. The molecule has 0 fully saturated rings. The lowest BCUT2D eigenvalue weighted by Gasteiger charge is -2.22. The molecular weight excluding hydrogens is 432 g/mol. The molecule has 1 unspecified atom stereocenters. The molecule has 0 radical (unpaired) electrons. The van der Waals surface area contributed by atoms with Crippen LogP contribution in [0, 0.1) is 5.82 Å². The summed E-state index contributed by atoms with van der Waals surface area (Å²) in [5.41, 5.74) is -1.37. The third-order valence-corrected chi connectivity index (χ3v) is 5.98. The number of carbonyl (C=O) groups is 1. The Morgan fingerprint density at radius 2 is 2.00 bits per heavy atom. The molecule has 2 aromatic carbocycles. The molecule has 1 atom stereocenters. The molecule has 2 N–H and O–H groups in total. The number of hydrogen-bond acceptors (Lipinski definition) is 5. The lowest BCUT2D eigenvalue weighted by Crippen LogP contribution is -2.25. The van der Waals surface area contributed by atoms with E-state index in [2.05, 4.69) is 0 Å². The molecule has 0 aliphatic rings. The van der Waals surface area contributed by atoms with Gasteiger partial charge in [0.05, 0.1) is 23.4 Å². The third kappa shape index (κ3) is 4.44. The number of aliphatic hydroxyl groups excluding tert-OH is 1. The first-order valence-corrected chi connectivity index (χ1v) is 10.1. The van der Waals surface area contributed by atoms with Crippen molar-refractivity contribution in [2.45, 2.75) is 24.2 Å². The maximum Gasteiger partial charge on any atom is 0.335 e. The van der Waals surface area contributed by atoms with Gasteiger partial charge in [-0.05, 0) is 36.6 Å². The van der Waals surface area contributed by atoms with Crippen molar-refractivity contribution in [3.8, 4) is 5.75 Å². The number of hydrogen-bond donors (Lipinski definition) is 2. The van der Waals surface area contributed by atoms with Gasteiger partial charge in [0.15, 0.2) is 5.75 Å². The van der Waals surface area contributed by atoms with E-state index in [0.717, 1.165) is 31.4 Å². The Morgan fingerprint density at radius 3 is 2.55 bits per heavy atom. The fraction of sp³-hybridized carbons (Fsp3) is 0.278. The second-order valence-corrected chi connectivity index (χ2v) is 8.22. The number of rotatable bonds is 8. The number of carboxylic acid groups (broad SMARTS) is 1. The Balaban J connectivity index is 2.70. The number of aromatic carboxylic acids is 1. The summed E-state index contributed by atoms with van der Waals surface area (Å²) in [5, 5.41) is 17.9. The standard InChI is InChI=1S/C18H18ClF2NO6S/c1-10(6-7-23)16-13(20)4-3-5-14(16)22(21)29(26,27)15-9-11(18(24)25)8-12(19)17(15)28-2/h3-5,8-10,23H,6-7H2,1-2H3,(H,24,25). The topological polar surface area (TPSA) is 104 Å². The van der Waals surface area contributed by atoms with Gasteiger partial charge in [0.1, 0.15) is 10.7 Å². The Labute approximate surface area is 171 Å². The van der Waals surface area contributed by atoms with Crippen LogP contribution in [0.1, 0.15) is 35.2 Å². The number of methoxy groups -OCH3 is 1. The number of carboxylic acids is 1. The zero-order valence-corrected chi connectivity index (χ0v) is 17.0. The SMILES string of the molecule is COc1c(Cl)cc(C(=O)O)cc1S(=O)(=O)N(F)c1cccc(F)c1C(C)CCO. The summed E-state index contributed by atoms with van der Waals surface area (Å²) in [5.74, 6) is -3.51. The smallest absolute Gasteiger partial charge is 0.335 e. The van der Waals surface area contributed by atoms with Crippen LogP contribution in [0.2, 0.25) is 5.02 Å². The number of ether oxygens (including phenoxy) is 1. The van der Waals surface area contributed by atoms with Crippen LogP contribution >= 0.6 is 11.6 Å². The van der Waals surface area contributed by atoms with Gasteiger partial charge in [0.25, 0.3) is 10.0 Å². The molecule has 0 aliphatic carbocycles. The molecule has 0 saturated carbocycles. The average Bonchev–Trinajstić information content (AvgIpc) is 2.66. The highest BCUT2D eigenvalue weighted by molar-refractivity contribution is 7.92. The summed E-state index contributed by atoms with van der Waals surface area (Å²) in [4.78, 5) is 10.4. The average molecular weight is 450 g/mol. The first-order chi connectivity index (χ1) is 13.6. The maximum atomic E-state index is 15.2. The summed E-state index contributed by atoms with van der Waals surface area (Å²) < 4.78 is 59.7. The number of halogens is 3. The van der Waals surface area contributed by atoms with Crippen molar-refractivity contribution >= 4 is 33.3 Å². The van der Waals surface area contributed by atoms with Crippen molar-refractivity contribution in [1.29, 1.82) is 0 Å². The fourth-order valence-electron chi connectivity index (χ4n) is 2.80. The quantitative estimate of drug-likeness (QED) is 0.595. The van der Waals surface area contributed by atoms with Crippen molar-refractivity contribution < 1.29 is 37.0 Å². The van der Waals surface area contributed by atoms with Gasteiger partial charge in [-0.3, -0.25) is 0 Å². The van der Waals surface area contributed by atoms with Crippen molar-refractivity contribution in [1.82, 2.24) is 0 Å². The van der Waals surface area contributed by atoms with Gasteiger partial charge in [-0.2, -0.15) is 8.42 Å². The summed E-state index contributed by atoms with van der Waals surface area (Å²) in [6.07, 6.45) is 0.0610. The molecule has 158 valence electrons. The predicted octanol–water partition coefficient (Wildman–Crippen LogP) is 3.75. The van der Waals surface area contributed by atoms with Gasteiger partial charge in [0, 0.05) is 12.2 Å². The first-order valence-electron chi connectivity index (χ1n) is 8.27.